The fourth-order valence-corrected chi connectivity index (χ4v) is 3.01. The number of rotatable bonds is 5. The van der Waals surface area contributed by atoms with Crippen molar-refractivity contribution >= 4 is 12.2 Å². The van der Waals surface area contributed by atoms with Gasteiger partial charge in [0.25, 0.3) is 5.91 Å². The van der Waals surface area contributed by atoms with Gasteiger partial charge in [-0.1, -0.05) is 0 Å². The van der Waals surface area contributed by atoms with Crippen LogP contribution in [0.15, 0.2) is 18.2 Å². The zero-order valence-corrected chi connectivity index (χ0v) is 13.4. The summed E-state index contributed by atoms with van der Waals surface area (Å²) in [6.07, 6.45) is 3.95. The maximum Gasteiger partial charge on any atom is 0.260 e. The van der Waals surface area contributed by atoms with Crippen molar-refractivity contribution in [3.63, 3.8) is 0 Å². The predicted molar refractivity (Wildman–Crippen MR) is 83.5 cm³/mol. The van der Waals surface area contributed by atoms with Crippen molar-refractivity contribution in [1.82, 2.24) is 4.90 Å². The van der Waals surface area contributed by atoms with Crippen LogP contribution in [-0.2, 0) is 4.79 Å². The van der Waals surface area contributed by atoms with Gasteiger partial charge in [0, 0.05) is 17.6 Å². The molecule has 0 aliphatic carbocycles. The van der Waals surface area contributed by atoms with E-state index in [1.54, 1.807) is 18.2 Å². The highest BCUT2D eigenvalue weighted by atomic mass is 16.5. The van der Waals surface area contributed by atoms with Gasteiger partial charge in [-0.2, -0.15) is 0 Å². The molecule has 22 heavy (non-hydrogen) atoms. The van der Waals surface area contributed by atoms with Gasteiger partial charge >= 0.3 is 0 Å². The standard InChI is InChI=1S/C17H23NO4/c1-12-5-4-6-13(2)18(12)17(20)11-22-16-9-14(10-19)7-8-15(16)21-3/h7-10,12-13H,4-6,11H2,1-3H3. The molecule has 0 aromatic heterocycles. The van der Waals surface area contributed by atoms with E-state index in [1.807, 2.05) is 4.90 Å². The number of likely N-dealkylation sites (tertiary alicyclic amines) is 1. The number of ether oxygens (including phenoxy) is 2. The van der Waals surface area contributed by atoms with E-state index in [2.05, 4.69) is 13.8 Å². The van der Waals surface area contributed by atoms with E-state index in [-0.39, 0.29) is 24.6 Å². The summed E-state index contributed by atoms with van der Waals surface area (Å²) in [5.74, 6) is 0.897. The molecule has 0 bridgehead atoms. The Balaban J connectivity index is 2.05. The number of benzene rings is 1. The quantitative estimate of drug-likeness (QED) is 0.785. The number of carbonyl (C=O) groups is 2. The topological polar surface area (TPSA) is 55.8 Å². The summed E-state index contributed by atoms with van der Waals surface area (Å²) >= 11 is 0. The molecule has 1 fully saturated rings. The van der Waals surface area contributed by atoms with Gasteiger partial charge in [0.05, 0.1) is 7.11 Å². The highest BCUT2D eigenvalue weighted by molar-refractivity contribution is 5.79. The van der Waals surface area contributed by atoms with Crippen LogP contribution in [0.2, 0.25) is 0 Å². The minimum absolute atomic E-state index is 0.0294. The Labute approximate surface area is 131 Å². The van der Waals surface area contributed by atoms with E-state index < -0.39 is 0 Å². The number of hydrogen-bond donors (Lipinski definition) is 0. The summed E-state index contributed by atoms with van der Waals surface area (Å²) in [7, 11) is 1.53. The molecular formula is C17H23NO4. The molecular weight excluding hydrogens is 282 g/mol. The van der Waals surface area contributed by atoms with Crippen LogP contribution in [-0.4, -0.2) is 42.9 Å². The Kier molecular flexibility index (Phi) is 5.41. The first-order valence-corrected chi connectivity index (χ1v) is 7.64. The summed E-state index contributed by atoms with van der Waals surface area (Å²) in [6.45, 7) is 4.09. The fraction of sp³-hybridized carbons (Fsp3) is 0.529. The summed E-state index contributed by atoms with van der Waals surface area (Å²) in [6, 6.07) is 5.37. The van der Waals surface area contributed by atoms with Crippen molar-refractivity contribution in [2.75, 3.05) is 13.7 Å². The van der Waals surface area contributed by atoms with Crippen LogP contribution in [0.4, 0.5) is 0 Å². The molecule has 2 unspecified atom stereocenters. The number of hydrogen-bond acceptors (Lipinski definition) is 4. The molecule has 0 N–H and O–H groups in total. The number of carbonyl (C=O) groups excluding carboxylic acids is 2. The summed E-state index contributed by atoms with van der Waals surface area (Å²) in [4.78, 5) is 25.2. The summed E-state index contributed by atoms with van der Waals surface area (Å²) in [5.41, 5.74) is 0.489. The lowest BCUT2D eigenvalue weighted by Crippen LogP contribution is -2.49. The molecule has 1 aromatic carbocycles. The van der Waals surface area contributed by atoms with E-state index in [1.165, 1.54) is 7.11 Å². The van der Waals surface area contributed by atoms with Crippen LogP contribution >= 0.6 is 0 Å². The molecule has 0 spiro atoms. The number of aldehydes is 1. The Bertz CT molecular complexity index is 533. The zero-order chi connectivity index (χ0) is 16.1. The summed E-state index contributed by atoms with van der Waals surface area (Å²) < 4.78 is 10.8. The first-order valence-electron chi connectivity index (χ1n) is 7.64. The number of amides is 1. The molecule has 1 amide bonds. The van der Waals surface area contributed by atoms with Crippen molar-refractivity contribution in [3.8, 4) is 11.5 Å². The summed E-state index contributed by atoms with van der Waals surface area (Å²) in [5, 5.41) is 0. The third-order valence-corrected chi connectivity index (χ3v) is 4.16. The second-order valence-electron chi connectivity index (χ2n) is 5.75. The maximum absolute atomic E-state index is 12.4. The molecule has 0 radical (unpaired) electrons. The fourth-order valence-electron chi connectivity index (χ4n) is 3.01. The molecule has 1 saturated heterocycles. The molecule has 1 aromatic rings. The Hall–Kier alpha value is -2.04. The van der Waals surface area contributed by atoms with Crippen LogP contribution in [0.1, 0.15) is 43.5 Å². The van der Waals surface area contributed by atoms with Crippen LogP contribution < -0.4 is 9.47 Å². The minimum atomic E-state index is -0.0483. The third kappa shape index (κ3) is 3.59. The zero-order valence-electron chi connectivity index (χ0n) is 13.4. The van der Waals surface area contributed by atoms with Gasteiger partial charge in [0.1, 0.15) is 6.29 Å². The lowest BCUT2D eigenvalue weighted by molar-refractivity contribution is -0.139. The molecule has 1 aliphatic rings. The number of methoxy groups -OCH3 is 1. The maximum atomic E-state index is 12.4. The molecule has 5 heteroatoms. The molecule has 2 rings (SSSR count). The highest BCUT2D eigenvalue weighted by Crippen LogP contribution is 2.28. The van der Waals surface area contributed by atoms with E-state index >= 15 is 0 Å². The van der Waals surface area contributed by atoms with Gasteiger partial charge in [0.15, 0.2) is 18.1 Å². The van der Waals surface area contributed by atoms with Gasteiger partial charge in [-0.25, -0.2) is 0 Å². The van der Waals surface area contributed by atoms with Crippen LogP contribution in [0.25, 0.3) is 0 Å². The van der Waals surface area contributed by atoms with Crippen LogP contribution in [0.5, 0.6) is 11.5 Å². The average molecular weight is 305 g/mol. The largest absolute Gasteiger partial charge is 0.493 e. The van der Waals surface area contributed by atoms with E-state index in [9.17, 15) is 9.59 Å². The number of piperidine rings is 1. The average Bonchev–Trinajstić information content (AvgIpc) is 2.52. The first-order chi connectivity index (χ1) is 10.6. The first kappa shape index (κ1) is 16.3. The lowest BCUT2D eigenvalue weighted by atomic mass is 9.97. The van der Waals surface area contributed by atoms with Crippen LogP contribution in [0, 0.1) is 0 Å². The highest BCUT2D eigenvalue weighted by Gasteiger charge is 2.29. The minimum Gasteiger partial charge on any atom is -0.493 e. The SMILES string of the molecule is COc1ccc(C=O)cc1OCC(=O)N1C(C)CCCC1C. The predicted octanol–water partition coefficient (Wildman–Crippen LogP) is 2.68. The Morgan fingerprint density at radius 2 is 1.95 bits per heavy atom. The smallest absolute Gasteiger partial charge is 0.260 e. The van der Waals surface area contributed by atoms with Crippen molar-refractivity contribution in [3.05, 3.63) is 23.8 Å². The third-order valence-electron chi connectivity index (χ3n) is 4.16. The Morgan fingerprint density at radius 3 is 2.55 bits per heavy atom. The molecule has 5 nitrogen and oxygen atoms in total. The Morgan fingerprint density at radius 1 is 1.27 bits per heavy atom. The van der Waals surface area contributed by atoms with E-state index in [0.717, 1.165) is 25.5 Å². The van der Waals surface area contributed by atoms with Crippen molar-refractivity contribution in [2.45, 2.75) is 45.2 Å². The van der Waals surface area contributed by atoms with Gasteiger partial charge < -0.3 is 14.4 Å². The van der Waals surface area contributed by atoms with Gasteiger partial charge in [-0.3, -0.25) is 9.59 Å². The van der Waals surface area contributed by atoms with Crippen molar-refractivity contribution in [1.29, 1.82) is 0 Å². The second kappa shape index (κ2) is 7.29. The molecule has 2 atom stereocenters. The van der Waals surface area contributed by atoms with Crippen molar-refractivity contribution in [2.24, 2.45) is 0 Å². The molecule has 0 saturated carbocycles. The molecule has 1 heterocycles. The van der Waals surface area contributed by atoms with Crippen molar-refractivity contribution < 1.29 is 19.1 Å². The van der Waals surface area contributed by atoms with Gasteiger partial charge in [0.2, 0.25) is 0 Å². The lowest BCUT2D eigenvalue weighted by Gasteiger charge is -2.39. The number of nitrogens with zero attached hydrogens (tertiary/aromatic N) is 1. The molecule has 1 aliphatic heterocycles. The monoisotopic (exact) mass is 305 g/mol. The van der Waals surface area contributed by atoms with E-state index in [0.29, 0.717) is 17.1 Å². The molecule has 120 valence electrons. The van der Waals surface area contributed by atoms with Crippen LogP contribution in [0.3, 0.4) is 0 Å². The van der Waals surface area contributed by atoms with E-state index in [4.69, 9.17) is 9.47 Å². The second-order valence-corrected chi connectivity index (χ2v) is 5.75. The van der Waals surface area contributed by atoms with Gasteiger partial charge in [-0.05, 0) is 51.3 Å². The van der Waals surface area contributed by atoms with Gasteiger partial charge in [-0.15, -0.1) is 0 Å². The normalized spacial score (nSPS) is 21.3.